The van der Waals surface area contributed by atoms with Gasteiger partial charge in [-0.1, -0.05) is 42.5 Å². The standard InChI is InChI=1S/C37H41N3O8/c1-5-13-45-37(43)48-34-21(3)35-36(47-19-46-35)30-25(34)16-26-31-29-23(14-20(2)33(44-4)32(29)42)15-24(39-31)18-40(26)27(30)17-38-28(41)12-11-22-9-7-6-8-10-22/h5-12,14,24,26-27,31,37,39,42-43H,1,13,15-19H2,2-4H3,(H,38,41)/b12-11+/t24-,26?,27-,31-,37?/m0/s1. The van der Waals surface area contributed by atoms with Crippen LogP contribution in [0.1, 0.15) is 51.0 Å². The van der Waals surface area contributed by atoms with Crippen molar-refractivity contribution >= 4 is 12.0 Å². The zero-order valence-electron chi connectivity index (χ0n) is 27.3. The number of ether oxygens (including phenoxy) is 5. The normalized spacial score (nSPS) is 22.8. The minimum atomic E-state index is -1.55. The van der Waals surface area contributed by atoms with Crippen molar-refractivity contribution in [3.8, 4) is 28.7 Å². The molecule has 2 unspecified atom stereocenters. The second-order valence-electron chi connectivity index (χ2n) is 12.6. The van der Waals surface area contributed by atoms with Gasteiger partial charge in [0.05, 0.1) is 25.8 Å². The Hall–Kier alpha value is -4.55. The molecule has 48 heavy (non-hydrogen) atoms. The molecule has 4 heterocycles. The van der Waals surface area contributed by atoms with Crippen LogP contribution in [0.15, 0.2) is 55.1 Å². The average molecular weight is 656 g/mol. The first-order valence-corrected chi connectivity index (χ1v) is 16.2. The molecule has 4 aliphatic heterocycles. The van der Waals surface area contributed by atoms with Crippen molar-refractivity contribution in [1.82, 2.24) is 15.5 Å². The van der Waals surface area contributed by atoms with Gasteiger partial charge >= 0.3 is 6.48 Å². The highest BCUT2D eigenvalue weighted by atomic mass is 16.8. The minimum absolute atomic E-state index is 0.0388. The molecule has 1 saturated heterocycles. The number of aliphatic hydroxyl groups is 1. The molecule has 11 heteroatoms. The van der Waals surface area contributed by atoms with E-state index in [1.807, 2.05) is 44.2 Å². The average Bonchev–Trinajstić information content (AvgIpc) is 3.58. The van der Waals surface area contributed by atoms with Gasteiger partial charge in [-0.05, 0) is 49.5 Å². The lowest BCUT2D eigenvalue weighted by atomic mass is 9.75. The number of hydrogen-bond donors (Lipinski definition) is 4. The van der Waals surface area contributed by atoms with Crippen molar-refractivity contribution in [3.63, 3.8) is 0 Å². The third kappa shape index (κ3) is 5.66. The summed E-state index contributed by atoms with van der Waals surface area (Å²) in [5, 5.41) is 29.2. The van der Waals surface area contributed by atoms with E-state index in [0.29, 0.717) is 41.5 Å². The van der Waals surface area contributed by atoms with Gasteiger partial charge in [-0.2, -0.15) is 0 Å². The largest absolute Gasteiger partial charge is 0.504 e. The summed E-state index contributed by atoms with van der Waals surface area (Å²) < 4.78 is 29.2. The summed E-state index contributed by atoms with van der Waals surface area (Å²) in [5.74, 6) is 1.96. The van der Waals surface area contributed by atoms with Crippen molar-refractivity contribution < 1.29 is 38.7 Å². The molecule has 7 rings (SSSR count). The molecular formula is C37H41N3O8. The molecule has 3 aromatic carbocycles. The molecule has 11 nitrogen and oxygen atoms in total. The first-order chi connectivity index (χ1) is 23.3. The zero-order chi connectivity index (χ0) is 33.5. The van der Waals surface area contributed by atoms with Crippen molar-refractivity contribution in [2.75, 3.05) is 33.6 Å². The molecule has 0 radical (unpaired) electrons. The predicted molar refractivity (Wildman–Crippen MR) is 178 cm³/mol. The van der Waals surface area contributed by atoms with Crippen molar-refractivity contribution in [2.45, 2.75) is 57.3 Å². The Morgan fingerprint density at radius 2 is 1.96 bits per heavy atom. The fourth-order valence-electron chi connectivity index (χ4n) is 7.83. The number of phenolic OH excluding ortho intramolecular Hbond substituents is 1. The van der Waals surface area contributed by atoms with E-state index in [1.165, 1.54) is 12.2 Å². The van der Waals surface area contributed by atoms with Gasteiger partial charge in [-0.25, -0.2) is 0 Å². The Labute approximate surface area is 279 Å². The van der Waals surface area contributed by atoms with E-state index in [2.05, 4.69) is 28.2 Å². The SMILES string of the molecule is C=CCOC(O)Oc1c(C)c2c(c3c1CC1[C@@H]4N[C@@H](Cc5cc(C)c(OC)c(O)c54)CN1[C@H]3CNC(=O)/C=C/c1ccccc1)OCO2. The Kier molecular flexibility index (Phi) is 8.78. The maximum absolute atomic E-state index is 13.2. The highest BCUT2D eigenvalue weighted by Gasteiger charge is 2.50. The van der Waals surface area contributed by atoms with E-state index >= 15 is 0 Å². The van der Waals surface area contributed by atoms with Crippen LogP contribution in [-0.4, -0.2) is 73.2 Å². The lowest BCUT2D eigenvalue weighted by Gasteiger charge is -2.54. The quantitative estimate of drug-likeness (QED) is 0.145. The van der Waals surface area contributed by atoms with Gasteiger partial charge in [-0.15, -0.1) is 6.58 Å². The zero-order valence-corrected chi connectivity index (χ0v) is 27.3. The van der Waals surface area contributed by atoms with Gasteiger partial charge in [0.1, 0.15) is 5.75 Å². The molecular weight excluding hydrogens is 614 g/mol. The van der Waals surface area contributed by atoms with Gasteiger partial charge in [0.25, 0.3) is 0 Å². The van der Waals surface area contributed by atoms with Gasteiger partial charge in [0.15, 0.2) is 23.0 Å². The molecule has 5 atom stereocenters. The van der Waals surface area contributed by atoms with Crippen molar-refractivity contribution in [2.24, 2.45) is 0 Å². The fourth-order valence-corrected chi connectivity index (χ4v) is 7.83. The molecule has 3 aromatic rings. The Balaban J connectivity index is 1.32. The number of piperazine rings is 1. The number of carbonyl (C=O) groups excluding carboxylic acids is 1. The van der Waals surface area contributed by atoms with Crippen molar-refractivity contribution in [1.29, 1.82) is 0 Å². The van der Waals surface area contributed by atoms with E-state index in [4.69, 9.17) is 23.7 Å². The minimum Gasteiger partial charge on any atom is -0.504 e. The van der Waals surface area contributed by atoms with E-state index in [-0.39, 0.29) is 55.8 Å². The summed E-state index contributed by atoms with van der Waals surface area (Å²) >= 11 is 0. The maximum Gasteiger partial charge on any atom is 0.313 e. The second-order valence-corrected chi connectivity index (χ2v) is 12.6. The molecule has 4 N–H and O–H groups in total. The molecule has 2 bridgehead atoms. The summed E-state index contributed by atoms with van der Waals surface area (Å²) in [4.78, 5) is 15.6. The van der Waals surface area contributed by atoms with Gasteiger partial charge < -0.3 is 44.5 Å². The first-order valence-electron chi connectivity index (χ1n) is 16.2. The third-order valence-corrected chi connectivity index (χ3v) is 9.76. The fraction of sp³-hybridized carbons (Fsp3) is 0.378. The smallest absolute Gasteiger partial charge is 0.313 e. The predicted octanol–water partition coefficient (Wildman–Crippen LogP) is 3.97. The molecule has 1 fully saturated rings. The number of aromatic hydroxyl groups is 1. The molecule has 0 spiro atoms. The van der Waals surface area contributed by atoms with Crippen molar-refractivity contribution in [3.05, 3.63) is 94.1 Å². The van der Waals surface area contributed by atoms with Gasteiger partial charge in [0, 0.05) is 53.5 Å². The van der Waals surface area contributed by atoms with E-state index in [9.17, 15) is 15.0 Å². The number of carbonyl (C=O) groups is 1. The van der Waals surface area contributed by atoms with Crippen LogP contribution in [0.2, 0.25) is 0 Å². The number of rotatable bonds is 10. The number of methoxy groups -OCH3 is 1. The first kappa shape index (κ1) is 32.0. The lowest BCUT2D eigenvalue weighted by Crippen LogP contribution is -2.64. The third-order valence-electron chi connectivity index (χ3n) is 9.76. The topological polar surface area (TPSA) is 131 Å². The monoisotopic (exact) mass is 655 g/mol. The van der Waals surface area contributed by atoms with Crippen LogP contribution < -0.4 is 29.6 Å². The van der Waals surface area contributed by atoms with E-state index in [0.717, 1.165) is 39.8 Å². The Morgan fingerprint density at radius 1 is 1.17 bits per heavy atom. The number of aliphatic hydroxyl groups excluding tert-OH is 1. The number of hydrogen-bond acceptors (Lipinski definition) is 10. The molecule has 1 amide bonds. The number of aryl methyl sites for hydroxylation is 1. The number of phenols is 1. The van der Waals surface area contributed by atoms with Crippen LogP contribution in [0, 0.1) is 13.8 Å². The van der Waals surface area contributed by atoms with Crippen LogP contribution in [0.4, 0.5) is 0 Å². The van der Waals surface area contributed by atoms with Gasteiger partial charge in [-0.3, -0.25) is 9.69 Å². The van der Waals surface area contributed by atoms with Crippen LogP contribution in [0.3, 0.4) is 0 Å². The number of nitrogens with zero attached hydrogens (tertiary/aromatic N) is 1. The number of benzene rings is 3. The van der Waals surface area contributed by atoms with Crippen LogP contribution >= 0.6 is 0 Å². The van der Waals surface area contributed by atoms with Crippen LogP contribution in [-0.2, 0) is 22.4 Å². The number of amides is 1. The second kappa shape index (κ2) is 13.2. The molecule has 252 valence electrons. The molecule has 4 aliphatic rings. The van der Waals surface area contributed by atoms with E-state index < -0.39 is 6.48 Å². The molecule has 0 saturated carbocycles. The summed E-state index contributed by atoms with van der Waals surface area (Å²) in [6.07, 6.45) is 6.07. The van der Waals surface area contributed by atoms with Crippen LogP contribution in [0.5, 0.6) is 28.7 Å². The van der Waals surface area contributed by atoms with Gasteiger partial charge in [0.2, 0.25) is 12.7 Å². The highest BCUT2D eigenvalue weighted by molar-refractivity contribution is 5.91. The Morgan fingerprint density at radius 3 is 2.73 bits per heavy atom. The molecule has 0 aromatic heterocycles. The Bertz CT molecular complexity index is 1760. The van der Waals surface area contributed by atoms with Crippen LogP contribution in [0.25, 0.3) is 6.08 Å². The summed E-state index contributed by atoms with van der Waals surface area (Å²) in [6.45, 7) is 7.01. The number of fused-ring (bicyclic) bond motifs is 9. The maximum atomic E-state index is 13.2. The van der Waals surface area contributed by atoms with E-state index in [1.54, 1.807) is 13.2 Å². The summed E-state index contributed by atoms with van der Waals surface area (Å²) in [7, 11) is 1.57. The summed E-state index contributed by atoms with van der Waals surface area (Å²) in [5.41, 5.74) is 6.05. The highest BCUT2D eigenvalue weighted by Crippen LogP contribution is 2.55. The molecule has 0 aliphatic carbocycles. The summed E-state index contributed by atoms with van der Waals surface area (Å²) in [6, 6.07) is 11.1. The lowest BCUT2D eigenvalue weighted by molar-refractivity contribution is -0.210. The number of nitrogens with one attached hydrogen (secondary N) is 2.